The van der Waals surface area contributed by atoms with Crippen LogP contribution in [0.3, 0.4) is 0 Å². The Labute approximate surface area is 129 Å². The maximum atomic E-state index is 12.2. The molecular weight excluding hydrogens is 286 g/mol. The number of ether oxygens (including phenoxy) is 1. The number of hydrogen-bond acceptors (Lipinski definition) is 4. The number of primary amides is 1. The van der Waals surface area contributed by atoms with Gasteiger partial charge in [-0.05, 0) is 36.6 Å². The summed E-state index contributed by atoms with van der Waals surface area (Å²) in [7, 11) is 1.28. The molecule has 1 aromatic carbocycles. The number of benzene rings is 1. The Bertz CT molecular complexity index is 540. The maximum absolute atomic E-state index is 12.2. The highest BCUT2D eigenvalue weighted by Crippen LogP contribution is 2.11. The number of rotatable bonds is 6. The lowest BCUT2D eigenvalue weighted by Crippen LogP contribution is -2.42. The topological polar surface area (TPSA) is 111 Å². The van der Waals surface area contributed by atoms with Crippen molar-refractivity contribution in [2.24, 2.45) is 11.7 Å². The van der Waals surface area contributed by atoms with Gasteiger partial charge in [0.2, 0.25) is 0 Å². The fourth-order valence-corrected chi connectivity index (χ4v) is 1.92. The number of urea groups is 1. The van der Waals surface area contributed by atoms with Crippen LogP contribution in [0.2, 0.25) is 0 Å². The van der Waals surface area contributed by atoms with E-state index in [0.29, 0.717) is 17.7 Å². The number of amides is 3. The van der Waals surface area contributed by atoms with Crippen LogP contribution in [0.5, 0.6) is 0 Å². The number of esters is 1. The van der Waals surface area contributed by atoms with Crippen molar-refractivity contribution in [3.8, 4) is 0 Å². The van der Waals surface area contributed by atoms with Gasteiger partial charge in [0.1, 0.15) is 6.04 Å². The number of nitrogens with one attached hydrogen (secondary N) is 2. The summed E-state index contributed by atoms with van der Waals surface area (Å²) in [6.07, 6.45) is 0.486. The van der Waals surface area contributed by atoms with Gasteiger partial charge in [-0.25, -0.2) is 9.59 Å². The quantitative estimate of drug-likeness (QED) is 0.691. The number of methoxy groups -OCH3 is 1. The molecule has 0 aromatic heterocycles. The Morgan fingerprint density at radius 2 is 1.77 bits per heavy atom. The zero-order valence-corrected chi connectivity index (χ0v) is 12.9. The van der Waals surface area contributed by atoms with Crippen LogP contribution in [0, 0.1) is 5.92 Å². The van der Waals surface area contributed by atoms with Crippen LogP contribution in [0.15, 0.2) is 24.3 Å². The molecule has 0 aliphatic carbocycles. The van der Waals surface area contributed by atoms with E-state index in [4.69, 9.17) is 10.5 Å². The molecule has 1 rings (SSSR count). The van der Waals surface area contributed by atoms with Gasteiger partial charge in [-0.1, -0.05) is 13.8 Å². The van der Waals surface area contributed by atoms with E-state index in [1.165, 1.54) is 19.2 Å². The Balaban J connectivity index is 2.76. The highest BCUT2D eigenvalue weighted by Gasteiger charge is 2.23. The second-order valence-electron chi connectivity index (χ2n) is 5.25. The molecule has 0 saturated carbocycles. The van der Waals surface area contributed by atoms with Crippen LogP contribution in [0.1, 0.15) is 30.6 Å². The predicted molar refractivity (Wildman–Crippen MR) is 82.4 cm³/mol. The van der Waals surface area contributed by atoms with E-state index < -0.39 is 18.0 Å². The van der Waals surface area contributed by atoms with Crippen molar-refractivity contribution in [2.45, 2.75) is 26.3 Å². The summed E-state index contributed by atoms with van der Waals surface area (Å²) in [4.78, 5) is 34.6. The zero-order chi connectivity index (χ0) is 16.7. The first-order chi connectivity index (χ1) is 10.3. The van der Waals surface area contributed by atoms with Crippen molar-refractivity contribution < 1.29 is 19.1 Å². The average Bonchev–Trinajstić information content (AvgIpc) is 2.45. The molecule has 1 unspecified atom stereocenters. The van der Waals surface area contributed by atoms with Crippen molar-refractivity contribution in [3.05, 3.63) is 29.8 Å². The molecule has 0 fully saturated rings. The second kappa shape index (κ2) is 8.02. The first-order valence-electron chi connectivity index (χ1n) is 6.88. The van der Waals surface area contributed by atoms with E-state index >= 15 is 0 Å². The molecule has 0 heterocycles. The van der Waals surface area contributed by atoms with Gasteiger partial charge in [-0.15, -0.1) is 0 Å². The predicted octanol–water partition coefficient (Wildman–Crippen LogP) is 1.49. The van der Waals surface area contributed by atoms with E-state index in [0.717, 1.165) is 0 Å². The smallest absolute Gasteiger partial charge is 0.328 e. The lowest BCUT2D eigenvalue weighted by Gasteiger charge is -2.18. The number of anilines is 1. The second-order valence-corrected chi connectivity index (χ2v) is 5.25. The first kappa shape index (κ1) is 17.5. The fourth-order valence-electron chi connectivity index (χ4n) is 1.92. The summed E-state index contributed by atoms with van der Waals surface area (Å²) >= 11 is 0. The van der Waals surface area contributed by atoms with E-state index in [1.807, 2.05) is 13.8 Å². The van der Waals surface area contributed by atoms with E-state index in [2.05, 4.69) is 10.6 Å². The summed E-state index contributed by atoms with van der Waals surface area (Å²) in [5, 5.41) is 5.05. The third kappa shape index (κ3) is 5.43. The highest BCUT2D eigenvalue weighted by atomic mass is 16.5. The van der Waals surface area contributed by atoms with Gasteiger partial charge < -0.3 is 21.1 Å². The first-order valence-corrected chi connectivity index (χ1v) is 6.88. The number of nitrogens with two attached hydrogens (primary N) is 1. The maximum Gasteiger partial charge on any atom is 0.328 e. The molecular formula is C15H21N3O4. The third-order valence-electron chi connectivity index (χ3n) is 2.91. The minimum absolute atomic E-state index is 0.228. The van der Waals surface area contributed by atoms with Gasteiger partial charge in [0.05, 0.1) is 7.11 Å². The summed E-state index contributed by atoms with van der Waals surface area (Å²) < 4.78 is 4.70. The fraction of sp³-hybridized carbons (Fsp3) is 0.400. The molecule has 3 amide bonds. The highest BCUT2D eigenvalue weighted by molar-refractivity contribution is 5.97. The minimum atomic E-state index is -0.694. The van der Waals surface area contributed by atoms with Gasteiger partial charge >= 0.3 is 12.0 Å². The monoisotopic (exact) mass is 307 g/mol. The molecule has 0 spiro atoms. The zero-order valence-electron chi connectivity index (χ0n) is 12.9. The lowest BCUT2D eigenvalue weighted by atomic mass is 10.0. The molecule has 120 valence electrons. The summed E-state index contributed by atoms with van der Waals surface area (Å²) in [6.45, 7) is 3.90. The average molecular weight is 307 g/mol. The van der Waals surface area contributed by atoms with Crippen LogP contribution in [0.25, 0.3) is 0 Å². The van der Waals surface area contributed by atoms with Gasteiger partial charge in [0.25, 0.3) is 5.91 Å². The largest absolute Gasteiger partial charge is 0.467 e. The summed E-state index contributed by atoms with van der Waals surface area (Å²) in [6, 6.07) is 4.79. The molecule has 0 aliphatic heterocycles. The normalized spacial score (nSPS) is 11.6. The Kier molecular flexibility index (Phi) is 6.37. The summed E-state index contributed by atoms with van der Waals surface area (Å²) in [5.41, 5.74) is 5.85. The Morgan fingerprint density at radius 3 is 2.23 bits per heavy atom. The number of carbonyl (C=O) groups is 3. The van der Waals surface area contributed by atoms with Crippen LogP contribution < -0.4 is 16.4 Å². The van der Waals surface area contributed by atoms with E-state index in [-0.39, 0.29) is 11.8 Å². The molecule has 1 aromatic rings. The Morgan fingerprint density at radius 1 is 1.18 bits per heavy atom. The van der Waals surface area contributed by atoms with Crippen molar-refractivity contribution >= 4 is 23.6 Å². The van der Waals surface area contributed by atoms with Crippen LogP contribution in [0.4, 0.5) is 10.5 Å². The lowest BCUT2D eigenvalue weighted by molar-refractivity contribution is -0.143. The summed E-state index contributed by atoms with van der Waals surface area (Å²) in [5.74, 6) is -0.637. The van der Waals surface area contributed by atoms with E-state index in [9.17, 15) is 14.4 Å². The standard InChI is InChI=1S/C15H21N3O4/c1-9(2)8-12(14(20)22-3)18-13(19)10-4-6-11(7-5-10)17-15(16)21/h4-7,9,12H,8H2,1-3H3,(H,18,19)(H3,16,17,21). The van der Waals surface area contributed by atoms with Gasteiger partial charge in [0, 0.05) is 11.3 Å². The molecule has 4 N–H and O–H groups in total. The van der Waals surface area contributed by atoms with Crippen LogP contribution in [-0.4, -0.2) is 31.1 Å². The third-order valence-corrected chi connectivity index (χ3v) is 2.91. The van der Waals surface area contributed by atoms with Crippen molar-refractivity contribution in [2.75, 3.05) is 12.4 Å². The van der Waals surface area contributed by atoms with Crippen LogP contribution in [-0.2, 0) is 9.53 Å². The molecule has 0 aliphatic rings. The number of carbonyl (C=O) groups excluding carboxylic acids is 3. The Hall–Kier alpha value is -2.57. The molecule has 1 atom stereocenters. The van der Waals surface area contributed by atoms with Crippen molar-refractivity contribution in [1.82, 2.24) is 5.32 Å². The van der Waals surface area contributed by atoms with Crippen LogP contribution >= 0.6 is 0 Å². The van der Waals surface area contributed by atoms with Crippen molar-refractivity contribution in [1.29, 1.82) is 0 Å². The van der Waals surface area contributed by atoms with Gasteiger partial charge in [-0.2, -0.15) is 0 Å². The molecule has 0 radical (unpaired) electrons. The van der Waals surface area contributed by atoms with E-state index in [1.54, 1.807) is 12.1 Å². The molecule has 22 heavy (non-hydrogen) atoms. The van der Waals surface area contributed by atoms with Gasteiger partial charge in [-0.3, -0.25) is 4.79 Å². The molecule has 0 bridgehead atoms. The number of hydrogen-bond donors (Lipinski definition) is 3. The SMILES string of the molecule is COC(=O)C(CC(C)C)NC(=O)c1ccc(NC(N)=O)cc1. The molecule has 0 saturated heterocycles. The van der Waals surface area contributed by atoms with Crippen molar-refractivity contribution in [3.63, 3.8) is 0 Å². The minimum Gasteiger partial charge on any atom is -0.467 e. The molecule has 7 nitrogen and oxygen atoms in total. The molecule has 7 heteroatoms. The van der Waals surface area contributed by atoms with Gasteiger partial charge in [0.15, 0.2) is 0 Å².